The number of hydrogen-bond donors (Lipinski definition) is 1. The number of nitrogens with one attached hydrogen (secondary N) is 1. The minimum Gasteiger partial charge on any atom is -0.316 e. The third kappa shape index (κ3) is 6.17. The van der Waals surface area contributed by atoms with Crippen LogP contribution in [0, 0.1) is 5.41 Å². The molecule has 1 aromatic heterocycles. The summed E-state index contributed by atoms with van der Waals surface area (Å²) in [7, 11) is 2.20. The predicted octanol–water partition coefficient (Wildman–Crippen LogP) is 2.93. The van der Waals surface area contributed by atoms with Crippen molar-refractivity contribution in [2.24, 2.45) is 5.41 Å². The fraction of sp³-hybridized carbons (Fsp3) is 0.688. The van der Waals surface area contributed by atoms with E-state index in [0.29, 0.717) is 5.41 Å². The second-order valence-electron chi connectivity index (χ2n) is 5.87. The normalized spacial score (nSPS) is 14.6. The van der Waals surface area contributed by atoms with Gasteiger partial charge in [-0.3, -0.25) is 4.98 Å². The van der Waals surface area contributed by atoms with Crippen molar-refractivity contribution in [1.82, 2.24) is 15.2 Å². The van der Waals surface area contributed by atoms with Gasteiger partial charge in [-0.2, -0.15) is 0 Å². The van der Waals surface area contributed by atoms with Crippen molar-refractivity contribution in [2.45, 2.75) is 40.2 Å². The Morgan fingerprint density at radius 3 is 2.53 bits per heavy atom. The van der Waals surface area contributed by atoms with Crippen molar-refractivity contribution in [2.75, 3.05) is 26.7 Å². The summed E-state index contributed by atoms with van der Waals surface area (Å²) in [6.45, 7) is 11.2. The van der Waals surface area contributed by atoms with Crippen molar-refractivity contribution in [3.8, 4) is 0 Å². The van der Waals surface area contributed by atoms with E-state index >= 15 is 0 Å². The summed E-state index contributed by atoms with van der Waals surface area (Å²) < 4.78 is 0. The lowest BCUT2D eigenvalue weighted by Gasteiger charge is -2.33. The van der Waals surface area contributed by atoms with Gasteiger partial charge < -0.3 is 10.2 Å². The Kier molecular flexibility index (Phi) is 7.03. The van der Waals surface area contributed by atoms with Crippen molar-refractivity contribution in [3.63, 3.8) is 0 Å². The average Bonchev–Trinajstić information content (AvgIpc) is 2.40. The Balaban J connectivity index is 2.45. The van der Waals surface area contributed by atoms with E-state index in [9.17, 15) is 0 Å². The molecule has 3 heteroatoms. The van der Waals surface area contributed by atoms with Crippen molar-refractivity contribution < 1.29 is 0 Å². The number of rotatable bonds is 9. The van der Waals surface area contributed by atoms with Crippen LogP contribution in [0.4, 0.5) is 0 Å². The maximum atomic E-state index is 4.06. The second-order valence-corrected chi connectivity index (χ2v) is 5.87. The SMILES string of the molecule is CCCNCC(C)(CC)CN(C)Cc1ccncc1. The van der Waals surface area contributed by atoms with Gasteiger partial charge in [-0.25, -0.2) is 0 Å². The van der Waals surface area contributed by atoms with Gasteiger partial charge in [0.2, 0.25) is 0 Å². The van der Waals surface area contributed by atoms with Crippen molar-refractivity contribution in [1.29, 1.82) is 0 Å². The third-order valence-electron chi connectivity index (χ3n) is 3.69. The Labute approximate surface area is 118 Å². The second kappa shape index (κ2) is 8.28. The van der Waals surface area contributed by atoms with Gasteiger partial charge >= 0.3 is 0 Å². The van der Waals surface area contributed by atoms with Gasteiger partial charge in [0.05, 0.1) is 0 Å². The number of hydrogen-bond acceptors (Lipinski definition) is 3. The van der Waals surface area contributed by atoms with Crippen LogP contribution < -0.4 is 5.32 Å². The zero-order valence-corrected chi connectivity index (χ0v) is 12.9. The molecule has 19 heavy (non-hydrogen) atoms. The van der Waals surface area contributed by atoms with E-state index in [1.807, 2.05) is 12.4 Å². The molecule has 0 aliphatic heterocycles. The Hall–Kier alpha value is -0.930. The van der Waals surface area contributed by atoms with Crippen LogP contribution in [0.1, 0.15) is 39.2 Å². The standard InChI is InChI=1S/C16H29N3/c1-5-9-18-13-16(3,6-2)14-19(4)12-15-7-10-17-11-8-15/h7-8,10-11,18H,5-6,9,12-14H2,1-4H3. The first kappa shape index (κ1) is 16.1. The largest absolute Gasteiger partial charge is 0.316 e. The molecule has 1 N–H and O–H groups in total. The molecule has 0 aliphatic carbocycles. The zero-order valence-electron chi connectivity index (χ0n) is 12.9. The topological polar surface area (TPSA) is 28.2 Å². The summed E-state index contributed by atoms with van der Waals surface area (Å²) in [6.07, 6.45) is 6.13. The minimum atomic E-state index is 0.344. The highest BCUT2D eigenvalue weighted by Crippen LogP contribution is 2.21. The van der Waals surface area contributed by atoms with E-state index in [-0.39, 0.29) is 0 Å². The zero-order chi connectivity index (χ0) is 14.1. The molecule has 0 saturated heterocycles. The number of aromatic nitrogens is 1. The molecule has 0 saturated carbocycles. The lowest BCUT2D eigenvalue weighted by atomic mass is 9.86. The van der Waals surface area contributed by atoms with Gasteiger partial charge in [0, 0.05) is 32.0 Å². The van der Waals surface area contributed by atoms with Gasteiger partial charge in [0.15, 0.2) is 0 Å². The molecular formula is C16H29N3. The predicted molar refractivity (Wildman–Crippen MR) is 82.1 cm³/mol. The molecule has 0 aliphatic rings. The summed E-state index contributed by atoms with van der Waals surface area (Å²) in [5.74, 6) is 0. The molecule has 0 radical (unpaired) electrons. The first-order valence-electron chi connectivity index (χ1n) is 7.38. The summed E-state index contributed by atoms with van der Waals surface area (Å²) >= 11 is 0. The van der Waals surface area contributed by atoms with Crippen LogP contribution in [0.5, 0.6) is 0 Å². The van der Waals surface area contributed by atoms with E-state index < -0.39 is 0 Å². The highest BCUT2D eigenvalue weighted by molar-refractivity contribution is 5.09. The first-order valence-corrected chi connectivity index (χ1v) is 7.38. The maximum absolute atomic E-state index is 4.06. The lowest BCUT2D eigenvalue weighted by Crippen LogP contribution is -2.40. The van der Waals surface area contributed by atoms with Crippen LogP contribution in [0.15, 0.2) is 24.5 Å². The van der Waals surface area contributed by atoms with Crippen LogP contribution in [-0.2, 0) is 6.54 Å². The summed E-state index contributed by atoms with van der Waals surface area (Å²) in [5.41, 5.74) is 1.68. The molecule has 0 bridgehead atoms. The molecule has 1 aromatic rings. The molecule has 0 fully saturated rings. The summed E-state index contributed by atoms with van der Waals surface area (Å²) in [6, 6.07) is 4.18. The Morgan fingerprint density at radius 2 is 1.95 bits per heavy atom. The molecule has 0 spiro atoms. The molecule has 108 valence electrons. The summed E-state index contributed by atoms with van der Waals surface area (Å²) in [4.78, 5) is 6.47. The van der Waals surface area contributed by atoms with E-state index in [1.54, 1.807) is 0 Å². The van der Waals surface area contributed by atoms with E-state index in [2.05, 4.69) is 55.2 Å². The minimum absolute atomic E-state index is 0.344. The lowest BCUT2D eigenvalue weighted by molar-refractivity contribution is 0.175. The smallest absolute Gasteiger partial charge is 0.0271 e. The maximum Gasteiger partial charge on any atom is 0.0271 e. The highest BCUT2D eigenvalue weighted by Gasteiger charge is 2.23. The molecule has 1 heterocycles. The molecule has 1 unspecified atom stereocenters. The Morgan fingerprint density at radius 1 is 1.26 bits per heavy atom. The molecule has 1 atom stereocenters. The fourth-order valence-corrected chi connectivity index (χ4v) is 2.37. The Bertz CT molecular complexity index is 339. The molecule has 1 rings (SSSR count). The number of nitrogens with zero attached hydrogens (tertiary/aromatic N) is 2. The highest BCUT2D eigenvalue weighted by atomic mass is 15.1. The van der Waals surface area contributed by atoms with Crippen LogP contribution >= 0.6 is 0 Å². The summed E-state index contributed by atoms with van der Waals surface area (Å²) in [5, 5.41) is 3.56. The van der Waals surface area contributed by atoms with Gasteiger partial charge in [0.1, 0.15) is 0 Å². The van der Waals surface area contributed by atoms with Crippen LogP contribution in [0.25, 0.3) is 0 Å². The van der Waals surface area contributed by atoms with E-state index in [4.69, 9.17) is 0 Å². The van der Waals surface area contributed by atoms with E-state index in [0.717, 1.165) is 26.2 Å². The number of pyridine rings is 1. The quantitative estimate of drug-likeness (QED) is 0.694. The molecular weight excluding hydrogens is 234 g/mol. The van der Waals surface area contributed by atoms with Gasteiger partial charge in [0.25, 0.3) is 0 Å². The fourth-order valence-electron chi connectivity index (χ4n) is 2.37. The van der Waals surface area contributed by atoms with Crippen molar-refractivity contribution >= 4 is 0 Å². The van der Waals surface area contributed by atoms with E-state index in [1.165, 1.54) is 18.4 Å². The van der Waals surface area contributed by atoms with Gasteiger partial charge in [-0.1, -0.05) is 20.8 Å². The monoisotopic (exact) mass is 263 g/mol. The average molecular weight is 263 g/mol. The first-order chi connectivity index (χ1) is 9.09. The molecule has 0 amide bonds. The van der Waals surface area contributed by atoms with Crippen LogP contribution in [-0.4, -0.2) is 36.6 Å². The molecule has 0 aromatic carbocycles. The molecule has 3 nitrogen and oxygen atoms in total. The van der Waals surface area contributed by atoms with Crippen molar-refractivity contribution in [3.05, 3.63) is 30.1 Å². The van der Waals surface area contributed by atoms with Gasteiger partial charge in [-0.15, -0.1) is 0 Å². The third-order valence-corrected chi connectivity index (χ3v) is 3.69. The van der Waals surface area contributed by atoms with Crippen LogP contribution in [0.2, 0.25) is 0 Å². The van der Waals surface area contributed by atoms with Crippen LogP contribution in [0.3, 0.4) is 0 Å². The van der Waals surface area contributed by atoms with Gasteiger partial charge in [-0.05, 0) is 49.5 Å².